The highest BCUT2D eigenvalue weighted by molar-refractivity contribution is 5.37. The molecular weight excluding hydrogens is 308 g/mol. The molecule has 3 heteroatoms. The monoisotopic (exact) mass is 336 g/mol. The summed E-state index contributed by atoms with van der Waals surface area (Å²) in [6.07, 6.45) is 1.98. The molecule has 132 valence electrons. The van der Waals surface area contributed by atoms with Gasteiger partial charge in [0, 0.05) is 32.2 Å². The van der Waals surface area contributed by atoms with E-state index < -0.39 is 0 Å². The Morgan fingerprint density at radius 3 is 2.56 bits per heavy atom. The summed E-state index contributed by atoms with van der Waals surface area (Å²) in [6.45, 7) is 12.3. The fourth-order valence-corrected chi connectivity index (χ4v) is 3.75. The second kappa shape index (κ2) is 7.85. The van der Waals surface area contributed by atoms with E-state index in [0.717, 1.165) is 31.7 Å². The van der Waals surface area contributed by atoms with Crippen molar-refractivity contribution in [3.63, 3.8) is 0 Å². The van der Waals surface area contributed by atoms with Crippen LogP contribution in [0.15, 0.2) is 61.2 Å². The van der Waals surface area contributed by atoms with E-state index in [1.807, 2.05) is 18.2 Å². The van der Waals surface area contributed by atoms with Crippen LogP contribution in [0.5, 0.6) is 5.75 Å². The Balaban J connectivity index is 1.92. The predicted octanol–water partition coefficient (Wildman–Crippen LogP) is 3.98. The van der Waals surface area contributed by atoms with Crippen molar-refractivity contribution < 1.29 is 5.11 Å². The first kappa shape index (κ1) is 17.7. The lowest BCUT2D eigenvalue weighted by molar-refractivity contribution is 0.0736. The minimum absolute atomic E-state index is 0.168. The first-order valence-electron chi connectivity index (χ1n) is 9.03. The Bertz CT molecular complexity index is 710. The summed E-state index contributed by atoms with van der Waals surface area (Å²) < 4.78 is 0. The third-order valence-electron chi connectivity index (χ3n) is 5.10. The standard InChI is InChI=1S/C22H28N2O/c1-4-12-23-13-14-24(16-18(23)3)22(19-10-8-17(2)9-11-19)20-6-5-7-21(25)15-20/h4-11,15,18,22,25H,1,12-14,16H2,2-3H3. The Hall–Kier alpha value is -2.10. The highest BCUT2D eigenvalue weighted by atomic mass is 16.3. The van der Waals surface area contributed by atoms with E-state index in [1.54, 1.807) is 6.07 Å². The number of piperazine rings is 1. The third-order valence-corrected chi connectivity index (χ3v) is 5.10. The zero-order valence-corrected chi connectivity index (χ0v) is 15.2. The van der Waals surface area contributed by atoms with Gasteiger partial charge in [-0.25, -0.2) is 0 Å². The fourth-order valence-electron chi connectivity index (χ4n) is 3.75. The molecule has 1 aliphatic rings. The molecule has 1 N–H and O–H groups in total. The molecule has 3 rings (SSSR count). The maximum Gasteiger partial charge on any atom is 0.115 e. The van der Waals surface area contributed by atoms with E-state index in [1.165, 1.54) is 11.1 Å². The molecule has 0 radical (unpaired) electrons. The SMILES string of the molecule is C=CCN1CCN(C(c2ccc(C)cc2)c2cccc(O)c2)CC1C. The molecule has 1 saturated heterocycles. The topological polar surface area (TPSA) is 26.7 Å². The van der Waals surface area contributed by atoms with E-state index in [4.69, 9.17) is 0 Å². The van der Waals surface area contributed by atoms with Gasteiger partial charge in [-0.2, -0.15) is 0 Å². The molecule has 0 saturated carbocycles. The molecule has 0 aliphatic carbocycles. The lowest BCUT2D eigenvalue weighted by atomic mass is 9.94. The van der Waals surface area contributed by atoms with Crippen LogP contribution in [0.25, 0.3) is 0 Å². The molecule has 3 nitrogen and oxygen atoms in total. The van der Waals surface area contributed by atoms with Gasteiger partial charge in [-0.05, 0) is 37.1 Å². The van der Waals surface area contributed by atoms with Gasteiger partial charge in [0.05, 0.1) is 6.04 Å². The number of hydrogen-bond donors (Lipinski definition) is 1. The molecule has 1 aliphatic heterocycles. The fraction of sp³-hybridized carbons (Fsp3) is 0.364. The molecule has 2 aromatic rings. The number of nitrogens with zero attached hydrogens (tertiary/aromatic N) is 2. The largest absolute Gasteiger partial charge is 0.508 e. The molecule has 1 fully saturated rings. The van der Waals surface area contributed by atoms with Gasteiger partial charge in [-0.15, -0.1) is 6.58 Å². The van der Waals surface area contributed by atoms with Gasteiger partial charge in [0.2, 0.25) is 0 Å². The van der Waals surface area contributed by atoms with Crippen LogP contribution in [0.2, 0.25) is 0 Å². The summed E-state index contributed by atoms with van der Waals surface area (Å²) in [5.74, 6) is 0.327. The Morgan fingerprint density at radius 1 is 1.16 bits per heavy atom. The van der Waals surface area contributed by atoms with Gasteiger partial charge in [0.1, 0.15) is 5.75 Å². The lowest BCUT2D eigenvalue weighted by Crippen LogP contribution is -2.52. The van der Waals surface area contributed by atoms with Crippen molar-refractivity contribution in [2.75, 3.05) is 26.2 Å². The van der Waals surface area contributed by atoms with Gasteiger partial charge in [0.25, 0.3) is 0 Å². The zero-order valence-electron chi connectivity index (χ0n) is 15.2. The highest BCUT2D eigenvalue weighted by Gasteiger charge is 2.29. The van der Waals surface area contributed by atoms with Crippen LogP contribution in [0.4, 0.5) is 0 Å². The molecule has 1 heterocycles. The van der Waals surface area contributed by atoms with Crippen LogP contribution in [-0.2, 0) is 0 Å². The highest BCUT2D eigenvalue weighted by Crippen LogP contribution is 2.32. The molecule has 0 spiro atoms. The van der Waals surface area contributed by atoms with Crippen molar-refractivity contribution in [1.82, 2.24) is 9.80 Å². The third kappa shape index (κ3) is 4.12. The molecule has 2 unspecified atom stereocenters. The number of aromatic hydroxyl groups is 1. The molecule has 25 heavy (non-hydrogen) atoms. The number of benzene rings is 2. The Labute approximate surface area is 151 Å². The van der Waals surface area contributed by atoms with Crippen molar-refractivity contribution in [1.29, 1.82) is 0 Å². The van der Waals surface area contributed by atoms with Crippen molar-refractivity contribution in [2.45, 2.75) is 25.9 Å². The summed E-state index contributed by atoms with van der Waals surface area (Å²) >= 11 is 0. The minimum Gasteiger partial charge on any atom is -0.508 e. The van der Waals surface area contributed by atoms with Gasteiger partial charge in [-0.3, -0.25) is 9.80 Å². The predicted molar refractivity (Wildman–Crippen MR) is 104 cm³/mol. The van der Waals surface area contributed by atoms with Crippen LogP contribution < -0.4 is 0 Å². The molecular formula is C22H28N2O. The first-order valence-corrected chi connectivity index (χ1v) is 9.03. The summed E-state index contributed by atoms with van der Waals surface area (Å²) in [4.78, 5) is 5.00. The van der Waals surface area contributed by atoms with E-state index >= 15 is 0 Å². The van der Waals surface area contributed by atoms with Gasteiger partial charge in [0.15, 0.2) is 0 Å². The van der Waals surface area contributed by atoms with Crippen molar-refractivity contribution in [2.24, 2.45) is 0 Å². The molecule has 0 bridgehead atoms. The van der Waals surface area contributed by atoms with E-state index in [9.17, 15) is 5.11 Å². The van der Waals surface area contributed by atoms with Gasteiger partial charge >= 0.3 is 0 Å². The van der Waals surface area contributed by atoms with Gasteiger partial charge < -0.3 is 5.11 Å². The lowest BCUT2D eigenvalue weighted by Gasteiger charge is -2.43. The minimum atomic E-state index is 0.168. The van der Waals surface area contributed by atoms with Crippen LogP contribution in [-0.4, -0.2) is 47.1 Å². The van der Waals surface area contributed by atoms with Crippen LogP contribution >= 0.6 is 0 Å². The summed E-state index contributed by atoms with van der Waals surface area (Å²) in [7, 11) is 0. The van der Waals surface area contributed by atoms with Crippen LogP contribution in [0.3, 0.4) is 0 Å². The van der Waals surface area contributed by atoms with Crippen molar-refractivity contribution >= 4 is 0 Å². The molecule has 0 amide bonds. The van der Waals surface area contributed by atoms with E-state index in [0.29, 0.717) is 11.8 Å². The smallest absolute Gasteiger partial charge is 0.115 e. The zero-order chi connectivity index (χ0) is 17.8. The quantitative estimate of drug-likeness (QED) is 0.837. The van der Waals surface area contributed by atoms with Crippen molar-refractivity contribution in [3.8, 4) is 5.75 Å². The molecule has 2 atom stereocenters. The van der Waals surface area contributed by atoms with E-state index in [2.05, 4.69) is 60.6 Å². The summed E-state index contributed by atoms with van der Waals surface area (Å²) in [5, 5.41) is 9.98. The average molecular weight is 336 g/mol. The van der Waals surface area contributed by atoms with Crippen LogP contribution in [0.1, 0.15) is 29.7 Å². The molecule has 2 aromatic carbocycles. The number of rotatable bonds is 5. The molecule has 0 aromatic heterocycles. The van der Waals surface area contributed by atoms with E-state index in [-0.39, 0.29) is 6.04 Å². The number of hydrogen-bond acceptors (Lipinski definition) is 3. The number of phenolic OH excluding ortho intramolecular Hbond substituents is 1. The van der Waals surface area contributed by atoms with Crippen LogP contribution in [0, 0.1) is 6.92 Å². The second-order valence-corrected chi connectivity index (χ2v) is 7.04. The Kier molecular flexibility index (Phi) is 5.57. The maximum absolute atomic E-state index is 9.98. The number of phenols is 1. The average Bonchev–Trinajstić information content (AvgIpc) is 2.59. The summed E-state index contributed by atoms with van der Waals surface area (Å²) in [5.41, 5.74) is 3.69. The van der Waals surface area contributed by atoms with Crippen molar-refractivity contribution in [3.05, 3.63) is 77.9 Å². The summed E-state index contributed by atoms with van der Waals surface area (Å²) in [6, 6.07) is 17.1. The normalized spacial score (nSPS) is 20.3. The van der Waals surface area contributed by atoms with Gasteiger partial charge in [-0.1, -0.05) is 48.0 Å². The second-order valence-electron chi connectivity index (χ2n) is 7.04. The Morgan fingerprint density at radius 2 is 1.92 bits per heavy atom. The number of aryl methyl sites for hydroxylation is 1. The maximum atomic E-state index is 9.98. The first-order chi connectivity index (χ1) is 12.1.